The Morgan fingerprint density at radius 1 is 0.892 bits per heavy atom. The maximum Gasteiger partial charge on any atom is 0.290 e. The molecule has 0 amide bonds. The monoisotopic (exact) mass is 488 g/mol. The number of nitrogens with one attached hydrogen (secondary N) is 2. The molecule has 0 radical (unpaired) electrons. The molecule has 9 heteroatoms. The number of fused-ring (bicyclic) bond motifs is 1. The highest BCUT2D eigenvalue weighted by molar-refractivity contribution is 5.80. The minimum Gasteiger partial charge on any atom is -0.319 e. The lowest BCUT2D eigenvalue weighted by molar-refractivity contribution is 0.777. The van der Waals surface area contributed by atoms with Gasteiger partial charge in [-0.15, -0.1) is 10.2 Å². The number of aryl methyl sites for hydroxylation is 1. The molecule has 6 aromatic rings. The van der Waals surface area contributed by atoms with Gasteiger partial charge in [-0.1, -0.05) is 85.8 Å². The summed E-state index contributed by atoms with van der Waals surface area (Å²) in [4.78, 5) is 17.7. The highest BCUT2D eigenvalue weighted by atomic mass is 16.1. The second-order valence-corrected chi connectivity index (χ2v) is 8.99. The van der Waals surface area contributed by atoms with Crippen molar-refractivity contribution in [2.45, 2.75) is 26.3 Å². The standard InChI is InChI=1S/C28H24N8O/c1-17(20-8-4-3-5-9-20)24-25-26(28(37)33-30-24)36(18(2)29-25)16-19-12-14-21(15-13-19)22-10-6-7-11-23(22)27-31-34-35-32-27/h3-15,17H,16H2,1-2H3,(H,33,37)(H,31,32,34,35). The Morgan fingerprint density at radius 2 is 1.62 bits per heavy atom. The van der Waals surface area contributed by atoms with Crippen LogP contribution in [0.15, 0.2) is 83.7 Å². The summed E-state index contributed by atoms with van der Waals surface area (Å²) in [6.45, 7) is 4.52. The van der Waals surface area contributed by atoms with Crippen LogP contribution in [0.4, 0.5) is 0 Å². The Morgan fingerprint density at radius 3 is 2.35 bits per heavy atom. The number of imidazole rings is 1. The van der Waals surface area contributed by atoms with Crippen molar-refractivity contribution in [2.75, 3.05) is 0 Å². The van der Waals surface area contributed by atoms with Crippen molar-refractivity contribution in [1.82, 2.24) is 40.4 Å². The molecular weight excluding hydrogens is 464 g/mol. The van der Waals surface area contributed by atoms with Crippen LogP contribution >= 0.6 is 0 Å². The molecule has 0 aliphatic carbocycles. The minimum absolute atomic E-state index is 0.0122. The number of benzene rings is 3. The van der Waals surface area contributed by atoms with E-state index >= 15 is 0 Å². The predicted octanol–water partition coefficient (Wildman–Crippen LogP) is 4.48. The van der Waals surface area contributed by atoms with Crippen molar-refractivity contribution in [3.63, 3.8) is 0 Å². The topological polar surface area (TPSA) is 118 Å². The number of tetrazole rings is 1. The Hall–Kier alpha value is -4.92. The largest absolute Gasteiger partial charge is 0.319 e. The van der Waals surface area contributed by atoms with E-state index in [1.807, 2.05) is 54.0 Å². The average molecular weight is 489 g/mol. The van der Waals surface area contributed by atoms with Crippen molar-refractivity contribution in [3.05, 3.63) is 112 Å². The summed E-state index contributed by atoms with van der Waals surface area (Å²) in [5.41, 5.74) is 6.82. The third-order valence-electron chi connectivity index (χ3n) is 6.72. The average Bonchev–Trinajstić information content (AvgIpc) is 3.59. The smallest absolute Gasteiger partial charge is 0.290 e. The fraction of sp³-hybridized carbons (Fsp3) is 0.143. The van der Waals surface area contributed by atoms with Crippen molar-refractivity contribution < 1.29 is 0 Å². The predicted molar refractivity (Wildman–Crippen MR) is 141 cm³/mol. The normalized spacial score (nSPS) is 12.2. The maximum absolute atomic E-state index is 12.9. The quantitative estimate of drug-likeness (QED) is 0.357. The van der Waals surface area contributed by atoms with E-state index in [0.717, 1.165) is 39.3 Å². The molecule has 1 atom stereocenters. The van der Waals surface area contributed by atoms with Gasteiger partial charge in [-0.25, -0.2) is 10.1 Å². The molecule has 2 N–H and O–H groups in total. The first kappa shape index (κ1) is 22.5. The van der Waals surface area contributed by atoms with E-state index in [2.05, 4.69) is 74.1 Å². The van der Waals surface area contributed by atoms with Crippen molar-refractivity contribution in [1.29, 1.82) is 0 Å². The van der Waals surface area contributed by atoms with E-state index in [1.165, 1.54) is 0 Å². The van der Waals surface area contributed by atoms with Gasteiger partial charge in [0, 0.05) is 18.0 Å². The van der Waals surface area contributed by atoms with Crippen LogP contribution in [0.3, 0.4) is 0 Å². The van der Waals surface area contributed by atoms with Crippen molar-refractivity contribution in [2.24, 2.45) is 0 Å². The summed E-state index contributed by atoms with van der Waals surface area (Å²) < 4.78 is 1.96. The molecule has 3 aromatic heterocycles. The Labute approximate surface area is 212 Å². The Kier molecular flexibility index (Phi) is 5.65. The molecule has 37 heavy (non-hydrogen) atoms. The number of nitrogens with zero attached hydrogens (tertiary/aromatic N) is 6. The number of aromatic amines is 2. The number of H-pyrrole nitrogens is 2. The zero-order chi connectivity index (χ0) is 25.4. The van der Waals surface area contributed by atoms with E-state index < -0.39 is 0 Å². The van der Waals surface area contributed by atoms with Crippen LogP contribution in [0.5, 0.6) is 0 Å². The van der Waals surface area contributed by atoms with Gasteiger partial charge >= 0.3 is 0 Å². The fourth-order valence-corrected chi connectivity index (χ4v) is 4.76. The fourth-order valence-electron chi connectivity index (χ4n) is 4.76. The number of aromatic nitrogens is 8. The first-order valence-corrected chi connectivity index (χ1v) is 12.0. The van der Waals surface area contributed by atoms with Crippen LogP contribution in [-0.2, 0) is 6.54 Å². The third-order valence-corrected chi connectivity index (χ3v) is 6.72. The number of hydrogen-bond donors (Lipinski definition) is 2. The molecular formula is C28H24N8O. The molecule has 0 saturated carbocycles. The van der Waals surface area contributed by atoms with Crippen LogP contribution in [-0.4, -0.2) is 40.4 Å². The minimum atomic E-state index is -0.245. The third kappa shape index (κ3) is 4.10. The van der Waals surface area contributed by atoms with Crippen molar-refractivity contribution >= 4 is 11.0 Å². The van der Waals surface area contributed by atoms with Crippen LogP contribution in [0.1, 0.15) is 35.5 Å². The van der Waals surface area contributed by atoms with Gasteiger partial charge in [-0.3, -0.25) is 4.79 Å². The second kappa shape index (κ2) is 9.27. The molecule has 3 aromatic carbocycles. The van der Waals surface area contributed by atoms with E-state index in [0.29, 0.717) is 23.4 Å². The highest BCUT2D eigenvalue weighted by Gasteiger charge is 2.21. The van der Waals surface area contributed by atoms with E-state index in [9.17, 15) is 4.79 Å². The molecule has 182 valence electrons. The summed E-state index contributed by atoms with van der Waals surface area (Å²) >= 11 is 0. The Bertz CT molecular complexity index is 1740. The molecule has 0 aliphatic rings. The Balaban J connectivity index is 1.35. The zero-order valence-corrected chi connectivity index (χ0v) is 20.4. The van der Waals surface area contributed by atoms with Crippen LogP contribution in [0.25, 0.3) is 33.5 Å². The summed E-state index contributed by atoms with van der Waals surface area (Å²) in [5.74, 6) is 1.30. The van der Waals surface area contributed by atoms with Crippen LogP contribution in [0, 0.1) is 6.92 Å². The van der Waals surface area contributed by atoms with Gasteiger partial charge in [0.15, 0.2) is 0 Å². The molecule has 0 spiro atoms. The lowest BCUT2D eigenvalue weighted by Gasteiger charge is -2.12. The summed E-state index contributed by atoms with van der Waals surface area (Å²) in [6, 6.07) is 26.3. The number of hydrogen-bond acceptors (Lipinski definition) is 6. The molecule has 0 aliphatic heterocycles. The van der Waals surface area contributed by atoms with E-state index in [4.69, 9.17) is 4.98 Å². The maximum atomic E-state index is 12.9. The van der Waals surface area contributed by atoms with Crippen LogP contribution in [0.2, 0.25) is 0 Å². The first-order valence-electron chi connectivity index (χ1n) is 12.0. The molecule has 1 unspecified atom stereocenters. The van der Waals surface area contributed by atoms with Gasteiger partial charge in [0.05, 0.1) is 5.69 Å². The summed E-state index contributed by atoms with van der Waals surface area (Å²) in [6.07, 6.45) is 0. The molecule has 0 fully saturated rings. The van der Waals surface area contributed by atoms with E-state index in [1.54, 1.807) is 0 Å². The first-order chi connectivity index (χ1) is 18.1. The lowest BCUT2D eigenvalue weighted by Crippen LogP contribution is -2.16. The molecule has 0 saturated heterocycles. The highest BCUT2D eigenvalue weighted by Crippen LogP contribution is 2.31. The molecule has 0 bridgehead atoms. The summed E-state index contributed by atoms with van der Waals surface area (Å²) in [5, 5.41) is 21.5. The van der Waals surface area contributed by atoms with Gasteiger partial charge in [-0.05, 0) is 34.4 Å². The van der Waals surface area contributed by atoms with Gasteiger partial charge in [-0.2, -0.15) is 10.3 Å². The van der Waals surface area contributed by atoms with Crippen LogP contribution < -0.4 is 5.56 Å². The SMILES string of the molecule is Cc1nc2c(C(C)c3ccccc3)n[nH]c(=O)c2n1Cc1ccc(-c2ccccc2-c2nn[nH]n2)cc1. The molecule has 6 rings (SSSR count). The van der Waals surface area contributed by atoms with Gasteiger partial charge < -0.3 is 4.57 Å². The van der Waals surface area contributed by atoms with Crippen molar-refractivity contribution in [3.8, 4) is 22.5 Å². The van der Waals surface area contributed by atoms with Gasteiger partial charge in [0.2, 0.25) is 5.82 Å². The molecule has 9 nitrogen and oxygen atoms in total. The zero-order valence-electron chi connectivity index (χ0n) is 20.4. The van der Waals surface area contributed by atoms with Gasteiger partial charge in [0.1, 0.15) is 16.9 Å². The van der Waals surface area contributed by atoms with E-state index in [-0.39, 0.29) is 11.5 Å². The molecule has 3 heterocycles. The summed E-state index contributed by atoms with van der Waals surface area (Å²) in [7, 11) is 0. The lowest BCUT2D eigenvalue weighted by atomic mass is 9.97. The number of rotatable bonds is 6. The van der Waals surface area contributed by atoms with Gasteiger partial charge in [0.25, 0.3) is 5.56 Å². The second-order valence-electron chi connectivity index (χ2n) is 8.99.